The van der Waals surface area contributed by atoms with Crippen LogP contribution in [0.4, 0.5) is 0 Å². The van der Waals surface area contributed by atoms with E-state index >= 15 is 0 Å². The SMILES string of the molecule is CCCCCC[Si](CCCC)(CCCCCC)CCCCCC. The van der Waals surface area contributed by atoms with Crippen LogP contribution in [0.15, 0.2) is 0 Å². The Balaban J connectivity index is 4.51. The lowest BCUT2D eigenvalue weighted by molar-refractivity contribution is 0.658. The molecule has 140 valence electrons. The van der Waals surface area contributed by atoms with Crippen LogP contribution in [0.3, 0.4) is 0 Å². The molecular formula is C22H48Si. The second-order valence-electron chi connectivity index (χ2n) is 8.04. The highest BCUT2D eigenvalue weighted by Gasteiger charge is 2.30. The van der Waals surface area contributed by atoms with E-state index in [0.29, 0.717) is 0 Å². The van der Waals surface area contributed by atoms with Gasteiger partial charge in [-0.2, -0.15) is 0 Å². The van der Waals surface area contributed by atoms with Gasteiger partial charge in [0.05, 0.1) is 8.07 Å². The molecule has 0 aliphatic heterocycles. The van der Waals surface area contributed by atoms with Crippen molar-refractivity contribution in [2.75, 3.05) is 0 Å². The molecule has 0 aliphatic carbocycles. The van der Waals surface area contributed by atoms with Gasteiger partial charge in [0.2, 0.25) is 0 Å². The molecule has 1 heteroatoms. The van der Waals surface area contributed by atoms with Crippen molar-refractivity contribution < 1.29 is 0 Å². The van der Waals surface area contributed by atoms with Gasteiger partial charge in [0, 0.05) is 0 Å². The standard InChI is InChI=1S/C22H48Si/c1-5-9-13-16-20-23(19-12-8-4,21-17-14-10-6-2)22-18-15-11-7-3/h5-22H2,1-4H3. The summed E-state index contributed by atoms with van der Waals surface area (Å²) in [6.07, 6.45) is 20.6. The van der Waals surface area contributed by atoms with E-state index in [2.05, 4.69) is 27.7 Å². The zero-order chi connectivity index (χ0) is 17.2. The van der Waals surface area contributed by atoms with Crippen molar-refractivity contribution in [3.8, 4) is 0 Å². The van der Waals surface area contributed by atoms with Gasteiger partial charge < -0.3 is 0 Å². The van der Waals surface area contributed by atoms with Crippen LogP contribution in [0.2, 0.25) is 24.2 Å². The number of unbranched alkanes of at least 4 members (excludes halogenated alkanes) is 10. The molecule has 0 atom stereocenters. The molecule has 0 aromatic rings. The highest BCUT2D eigenvalue weighted by Crippen LogP contribution is 2.34. The highest BCUT2D eigenvalue weighted by atomic mass is 28.3. The summed E-state index contributed by atoms with van der Waals surface area (Å²) >= 11 is 0. The Hall–Kier alpha value is 0.217. The number of hydrogen-bond donors (Lipinski definition) is 0. The first-order chi connectivity index (χ1) is 11.2. The number of rotatable bonds is 18. The van der Waals surface area contributed by atoms with Gasteiger partial charge in [0.1, 0.15) is 0 Å². The molecule has 23 heavy (non-hydrogen) atoms. The summed E-state index contributed by atoms with van der Waals surface area (Å²) in [7, 11) is -0.966. The van der Waals surface area contributed by atoms with Crippen molar-refractivity contribution >= 4 is 8.07 Å². The minimum Gasteiger partial charge on any atom is -0.0654 e. The Morgan fingerprint density at radius 1 is 0.348 bits per heavy atom. The van der Waals surface area contributed by atoms with Gasteiger partial charge in [0.15, 0.2) is 0 Å². The monoisotopic (exact) mass is 340 g/mol. The average Bonchev–Trinajstić information content (AvgIpc) is 2.57. The summed E-state index contributed by atoms with van der Waals surface area (Å²) in [6.45, 7) is 9.43. The molecule has 0 saturated carbocycles. The van der Waals surface area contributed by atoms with Gasteiger partial charge >= 0.3 is 0 Å². The zero-order valence-electron chi connectivity index (χ0n) is 17.2. The maximum absolute atomic E-state index is 2.39. The van der Waals surface area contributed by atoms with E-state index in [-0.39, 0.29) is 0 Å². The summed E-state index contributed by atoms with van der Waals surface area (Å²) in [6, 6.07) is 6.62. The van der Waals surface area contributed by atoms with Gasteiger partial charge in [-0.15, -0.1) is 0 Å². The predicted octanol–water partition coefficient (Wildman–Crippen LogP) is 8.98. The van der Waals surface area contributed by atoms with Gasteiger partial charge in [-0.1, -0.05) is 142 Å². The van der Waals surface area contributed by atoms with Crippen molar-refractivity contribution in [3.05, 3.63) is 0 Å². The zero-order valence-corrected chi connectivity index (χ0v) is 18.2. The highest BCUT2D eigenvalue weighted by molar-refractivity contribution is 6.79. The fourth-order valence-electron chi connectivity index (χ4n) is 4.08. The van der Waals surface area contributed by atoms with E-state index < -0.39 is 8.07 Å². The molecule has 0 unspecified atom stereocenters. The molecule has 0 aromatic carbocycles. The van der Waals surface area contributed by atoms with E-state index in [4.69, 9.17) is 0 Å². The van der Waals surface area contributed by atoms with Crippen LogP contribution in [0.25, 0.3) is 0 Å². The first kappa shape index (κ1) is 23.2. The number of hydrogen-bond acceptors (Lipinski definition) is 0. The molecule has 0 radical (unpaired) electrons. The van der Waals surface area contributed by atoms with Gasteiger partial charge in [-0.05, 0) is 0 Å². The van der Waals surface area contributed by atoms with E-state index in [0.717, 1.165) is 0 Å². The fourth-order valence-corrected chi connectivity index (χ4v) is 9.69. The Morgan fingerprint density at radius 2 is 0.652 bits per heavy atom. The van der Waals surface area contributed by atoms with Crippen molar-refractivity contribution in [1.82, 2.24) is 0 Å². The van der Waals surface area contributed by atoms with E-state index in [9.17, 15) is 0 Å². The summed E-state index contributed by atoms with van der Waals surface area (Å²) < 4.78 is 0. The summed E-state index contributed by atoms with van der Waals surface area (Å²) in [4.78, 5) is 0. The second kappa shape index (κ2) is 17.1. The third kappa shape index (κ3) is 13.2. The molecule has 0 rings (SSSR count). The summed E-state index contributed by atoms with van der Waals surface area (Å²) in [5.41, 5.74) is 0. The summed E-state index contributed by atoms with van der Waals surface area (Å²) in [5.74, 6) is 0. The van der Waals surface area contributed by atoms with E-state index in [1.807, 2.05) is 0 Å². The molecule has 0 spiro atoms. The Morgan fingerprint density at radius 3 is 0.957 bits per heavy atom. The molecule has 0 fully saturated rings. The topological polar surface area (TPSA) is 0 Å². The lowest BCUT2D eigenvalue weighted by Crippen LogP contribution is -2.33. The molecule has 0 amide bonds. The van der Waals surface area contributed by atoms with Crippen LogP contribution in [0.1, 0.15) is 118 Å². The Labute approximate surface area is 150 Å². The van der Waals surface area contributed by atoms with Crippen molar-refractivity contribution in [2.45, 2.75) is 142 Å². The van der Waals surface area contributed by atoms with Crippen molar-refractivity contribution in [3.63, 3.8) is 0 Å². The van der Waals surface area contributed by atoms with Crippen LogP contribution in [-0.4, -0.2) is 8.07 Å². The van der Waals surface area contributed by atoms with E-state index in [1.54, 1.807) is 43.4 Å². The Bertz CT molecular complexity index is 193. The quantitative estimate of drug-likeness (QED) is 0.172. The van der Waals surface area contributed by atoms with E-state index in [1.165, 1.54) is 70.6 Å². The molecule has 0 aliphatic rings. The minimum atomic E-state index is -0.966. The second-order valence-corrected chi connectivity index (χ2v) is 13.0. The van der Waals surface area contributed by atoms with Gasteiger partial charge in [-0.25, -0.2) is 0 Å². The predicted molar refractivity (Wildman–Crippen MR) is 112 cm³/mol. The third-order valence-electron chi connectivity index (χ3n) is 5.74. The fraction of sp³-hybridized carbons (Fsp3) is 1.00. The molecule has 0 heterocycles. The first-order valence-electron chi connectivity index (χ1n) is 11.2. The maximum Gasteiger partial charge on any atom is 0.0535 e. The third-order valence-corrected chi connectivity index (χ3v) is 11.4. The lowest BCUT2D eigenvalue weighted by atomic mass is 10.2. The molecule has 0 N–H and O–H groups in total. The first-order valence-corrected chi connectivity index (χ1v) is 14.1. The maximum atomic E-state index is 2.39. The van der Waals surface area contributed by atoms with Crippen LogP contribution in [0, 0.1) is 0 Å². The molecule has 0 saturated heterocycles. The minimum absolute atomic E-state index is 0.966. The molecule has 0 bridgehead atoms. The van der Waals surface area contributed by atoms with Crippen LogP contribution in [-0.2, 0) is 0 Å². The van der Waals surface area contributed by atoms with Crippen LogP contribution >= 0.6 is 0 Å². The average molecular weight is 341 g/mol. The lowest BCUT2D eigenvalue weighted by Gasteiger charge is -2.33. The van der Waals surface area contributed by atoms with Crippen LogP contribution < -0.4 is 0 Å². The molecule has 0 nitrogen and oxygen atoms in total. The van der Waals surface area contributed by atoms with Crippen molar-refractivity contribution in [1.29, 1.82) is 0 Å². The molecule has 0 aromatic heterocycles. The van der Waals surface area contributed by atoms with Crippen LogP contribution in [0.5, 0.6) is 0 Å². The normalized spacial score (nSPS) is 12.0. The Kier molecular flexibility index (Phi) is 17.2. The van der Waals surface area contributed by atoms with Crippen molar-refractivity contribution in [2.24, 2.45) is 0 Å². The summed E-state index contributed by atoms with van der Waals surface area (Å²) in [5, 5.41) is 0. The van der Waals surface area contributed by atoms with Gasteiger partial charge in [-0.3, -0.25) is 0 Å². The molecular weight excluding hydrogens is 292 g/mol. The smallest absolute Gasteiger partial charge is 0.0535 e. The largest absolute Gasteiger partial charge is 0.0654 e. The van der Waals surface area contributed by atoms with Gasteiger partial charge in [0.25, 0.3) is 0 Å².